The van der Waals surface area contributed by atoms with Gasteiger partial charge < -0.3 is 15.0 Å². The van der Waals surface area contributed by atoms with E-state index in [4.69, 9.17) is 4.74 Å². The number of thiophene rings is 1. The number of hydrogen-bond acceptors (Lipinski definition) is 6. The first-order valence-corrected chi connectivity index (χ1v) is 10.3. The molecule has 0 aliphatic heterocycles. The van der Waals surface area contributed by atoms with Crippen LogP contribution in [-0.2, 0) is 4.74 Å². The molecule has 1 saturated carbocycles. The highest BCUT2D eigenvalue weighted by atomic mass is 32.1. The fourth-order valence-electron chi connectivity index (χ4n) is 3.64. The van der Waals surface area contributed by atoms with E-state index in [2.05, 4.69) is 15.3 Å². The van der Waals surface area contributed by atoms with E-state index in [9.17, 15) is 9.59 Å². The first kappa shape index (κ1) is 19.0. The highest BCUT2D eigenvalue weighted by Gasteiger charge is 2.22. The summed E-state index contributed by atoms with van der Waals surface area (Å²) < 4.78 is 5.09. The smallest absolute Gasteiger partial charge is 0.348 e. The Hall–Kier alpha value is -1.73. The summed E-state index contributed by atoms with van der Waals surface area (Å²) in [6, 6.07) is 0.428. The lowest BCUT2D eigenvalue weighted by Gasteiger charge is -2.21. The van der Waals surface area contributed by atoms with Crippen molar-refractivity contribution in [2.75, 3.05) is 6.61 Å². The van der Waals surface area contributed by atoms with Gasteiger partial charge in [-0.1, -0.05) is 25.7 Å². The van der Waals surface area contributed by atoms with Crippen LogP contribution in [-0.4, -0.2) is 28.6 Å². The van der Waals surface area contributed by atoms with Crippen LogP contribution in [0.4, 0.5) is 0 Å². The third kappa shape index (κ3) is 3.99. The molecule has 7 heteroatoms. The Morgan fingerprint density at radius 1 is 1.35 bits per heavy atom. The molecule has 0 aromatic carbocycles. The number of ether oxygens (including phenoxy) is 1. The van der Waals surface area contributed by atoms with Crippen LogP contribution in [0.1, 0.15) is 79.5 Å². The number of hydrogen-bond donors (Lipinski definition) is 2. The van der Waals surface area contributed by atoms with E-state index in [1.807, 2.05) is 6.92 Å². The van der Waals surface area contributed by atoms with Gasteiger partial charge in [0.1, 0.15) is 15.5 Å². The van der Waals surface area contributed by atoms with Crippen molar-refractivity contribution in [3.05, 3.63) is 26.6 Å². The molecule has 1 aliphatic carbocycles. The zero-order valence-electron chi connectivity index (χ0n) is 15.7. The molecule has 0 radical (unpaired) electrons. The van der Waals surface area contributed by atoms with E-state index in [0.29, 0.717) is 39.1 Å². The highest BCUT2D eigenvalue weighted by Crippen LogP contribution is 2.28. The van der Waals surface area contributed by atoms with E-state index in [-0.39, 0.29) is 11.6 Å². The number of aromatic amines is 1. The molecule has 2 heterocycles. The van der Waals surface area contributed by atoms with Gasteiger partial charge in [0.15, 0.2) is 0 Å². The maximum atomic E-state index is 12.6. The lowest BCUT2D eigenvalue weighted by atomic mass is 10.1. The second-order valence-corrected chi connectivity index (χ2v) is 7.98. The average Bonchev–Trinajstić information content (AvgIpc) is 2.77. The fourth-order valence-corrected chi connectivity index (χ4v) is 4.72. The Morgan fingerprint density at radius 3 is 2.69 bits per heavy atom. The van der Waals surface area contributed by atoms with Crippen LogP contribution < -0.4 is 10.9 Å². The quantitative estimate of drug-likeness (QED) is 0.611. The van der Waals surface area contributed by atoms with E-state index in [1.54, 1.807) is 13.8 Å². The number of H-pyrrole nitrogens is 1. The zero-order chi connectivity index (χ0) is 18.7. The van der Waals surface area contributed by atoms with E-state index in [0.717, 1.165) is 0 Å². The SMILES string of the molecule is CCOC(=O)c1sc2nc(C(C)NC3CCCCCC3)[nH]c(=O)c2c1C. The normalized spacial score (nSPS) is 17.2. The second-order valence-electron chi connectivity index (χ2n) is 6.98. The lowest BCUT2D eigenvalue weighted by Crippen LogP contribution is -2.32. The minimum atomic E-state index is -0.390. The number of fused-ring (bicyclic) bond motifs is 1. The molecule has 0 bridgehead atoms. The predicted molar refractivity (Wildman–Crippen MR) is 104 cm³/mol. The van der Waals surface area contributed by atoms with Gasteiger partial charge in [-0.25, -0.2) is 9.78 Å². The van der Waals surface area contributed by atoms with Crippen LogP contribution in [0.3, 0.4) is 0 Å². The van der Waals surface area contributed by atoms with Gasteiger partial charge in [-0.05, 0) is 39.2 Å². The van der Waals surface area contributed by atoms with Crippen molar-refractivity contribution < 1.29 is 9.53 Å². The van der Waals surface area contributed by atoms with E-state index in [1.165, 1.54) is 49.9 Å². The molecule has 26 heavy (non-hydrogen) atoms. The van der Waals surface area contributed by atoms with Crippen molar-refractivity contribution in [1.82, 2.24) is 15.3 Å². The Kier molecular flexibility index (Phi) is 6.09. The largest absolute Gasteiger partial charge is 0.462 e. The van der Waals surface area contributed by atoms with Gasteiger partial charge in [0.25, 0.3) is 5.56 Å². The number of nitrogens with zero attached hydrogens (tertiary/aromatic N) is 1. The molecule has 0 spiro atoms. The first-order chi connectivity index (χ1) is 12.5. The Bertz CT molecular complexity index is 834. The maximum absolute atomic E-state index is 12.6. The summed E-state index contributed by atoms with van der Waals surface area (Å²) in [4.78, 5) is 33.3. The van der Waals surface area contributed by atoms with Crippen molar-refractivity contribution in [3.63, 3.8) is 0 Å². The Morgan fingerprint density at radius 2 is 2.04 bits per heavy atom. The van der Waals surface area contributed by atoms with Crippen LogP contribution >= 0.6 is 11.3 Å². The van der Waals surface area contributed by atoms with Gasteiger partial charge in [-0.3, -0.25) is 4.79 Å². The average molecular weight is 378 g/mol. The van der Waals surface area contributed by atoms with Gasteiger partial charge in [-0.2, -0.15) is 0 Å². The van der Waals surface area contributed by atoms with Crippen LogP contribution in [0.5, 0.6) is 0 Å². The van der Waals surface area contributed by atoms with Gasteiger partial charge >= 0.3 is 5.97 Å². The number of carbonyl (C=O) groups is 1. The molecular weight excluding hydrogens is 350 g/mol. The van der Waals surface area contributed by atoms with Gasteiger partial charge in [0.2, 0.25) is 0 Å². The third-order valence-electron chi connectivity index (χ3n) is 5.03. The summed E-state index contributed by atoms with van der Waals surface area (Å²) in [7, 11) is 0. The lowest BCUT2D eigenvalue weighted by molar-refractivity contribution is 0.0531. The molecule has 0 amide bonds. The monoisotopic (exact) mass is 377 g/mol. The standard InChI is InChI=1S/C19H27N3O3S/c1-4-25-19(24)15-11(2)14-17(23)21-16(22-18(14)26-15)12(3)20-13-9-7-5-6-8-10-13/h12-13,20H,4-10H2,1-3H3,(H,21,22,23). The molecule has 2 aromatic heterocycles. The summed E-state index contributed by atoms with van der Waals surface area (Å²) in [6.45, 7) is 5.88. The first-order valence-electron chi connectivity index (χ1n) is 9.47. The summed E-state index contributed by atoms with van der Waals surface area (Å²) in [5.74, 6) is 0.238. The topological polar surface area (TPSA) is 84.1 Å². The highest BCUT2D eigenvalue weighted by molar-refractivity contribution is 7.20. The van der Waals surface area contributed by atoms with Crippen LogP contribution in [0.25, 0.3) is 10.2 Å². The molecule has 2 N–H and O–H groups in total. The number of carbonyl (C=O) groups excluding carboxylic acids is 1. The van der Waals surface area contributed by atoms with E-state index >= 15 is 0 Å². The molecule has 3 rings (SSSR count). The number of nitrogens with one attached hydrogen (secondary N) is 2. The van der Waals surface area contributed by atoms with Crippen LogP contribution in [0, 0.1) is 6.92 Å². The summed E-state index contributed by atoms with van der Waals surface area (Å²) in [5, 5.41) is 4.10. The molecular formula is C19H27N3O3S. The molecule has 1 aliphatic rings. The van der Waals surface area contributed by atoms with Gasteiger partial charge in [-0.15, -0.1) is 11.3 Å². The van der Waals surface area contributed by atoms with Crippen molar-refractivity contribution in [2.24, 2.45) is 0 Å². The van der Waals surface area contributed by atoms with Crippen LogP contribution in [0.15, 0.2) is 4.79 Å². The minimum absolute atomic E-state index is 0.0383. The molecule has 1 unspecified atom stereocenters. The van der Waals surface area contributed by atoms with E-state index < -0.39 is 5.97 Å². The third-order valence-corrected chi connectivity index (χ3v) is 6.20. The Labute approximate surface area is 157 Å². The molecule has 142 valence electrons. The second kappa shape index (κ2) is 8.31. The minimum Gasteiger partial charge on any atom is -0.462 e. The summed E-state index contributed by atoms with van der Waals surface area (Å²) in [6.07, 6.45) is 7.45. The molecule has 2 aromatic rings. The van der Waals surface area contributed by atoms with Crippen LogP contribution in [0.2, 0.25) is 0 Å². The molecule has 1 fully saturated rings. The molecule has 6 nitrogen and oxygen atoms in total. The number of esters is 1. The number of aryl methyl sites for hydroxylation is 1. The zero-order valence-corrected chi connectivity index (χ0v) is 16.5. The predicted octanol–water partition coefficient (Wildman–Crippen LogP) is 3.84. The van der Waals surface area contributed by atoms with Gasteiger partial charge in [0.05, 0.1) is 18.0 Å². The van der Waals surface area contributed by atoms with Crippen molar-refractivity contribution in [1.29, 1.82) is 0 Å². The van der Waals surface area contributed by atoms with Crippen molar-refractivity contribution >= 4 is 27.5 Å². The number of rotatable bonds is 5. The number of aromatic nitrogens is 2. The molecule has 0 saturated heterocycles. The summed E-state index contributed by atoms with van der Waals surface area (Å²) >= 11 is 1.23. The van der Waals surface area contributed by atoms with Crippen molar-refractivity contribution in [2.45, 2.75) is 71.4 Å². The fraction of sp³-hybridized carbons (Fsp3) is 0.632. The Balaban J connectivity index is 1.87. The van der Waals surface area contributed by atoms with Gasteiger partial charge in [0, 0.05) is 6.04 Å². The summed E-state index contributed by atoms with van der Waals surface area (Å²) in [5.41, 5.74) is 0.456. The molecule has 1 atom stereocenters. The maximum Gasteiger partial charge on any atom is 0.348 e. The van der Waals surface area contributed by atoms with Crippen molar-refractivity contribution in [3.8, 4) is 0 Å².